The fourth-order valence-corrected chi connectivity index (χ4v) is 5.26. The Bertz CT molecular complexity index is 1030. The Morgan fingerprint density at radius 2 is 2.03 bits per heavy atom. The van der Waals surface area contributed by atoms with Crippen LogP contribution in [0.15, 0.2) is 29.4 Å². The Balaban J connectivity index is 1.89. The molecule has 0 radical (unpaired) electrons. The number of esters is 1. The van der Waals surface area contributed by atoms with Crippen LogP contribution in [0.1, 0.15) is 71.9 Å². The van der Waals surface area contributed by atoms with Crippen LogP contribution in [0.2, 0.25) is 0 Å². The fraction of sp³-hybridized carbons (Fsp3) is 0.621. The molecule has 2 aliphatic heterocycles. The van der Waals surface area contributed by atoms with E-state index in [1.54, 1.807) is 38.3 Å². The summed E-state index contributed by atoms with van der Waals surface area (Å²) in [6.07, 6.45) is 7.74. The van der Waals surface area contributed by atoms with Crippen molar-refractivity contribution < 1.29 is 29.3 Å². The Hall–Kier alpha value is -2.24. The van der Waals surface area contributed by atoms with E-state index >= 15 is 0 Å². The number of Topliss-reactive ketones (excluding diaryl/α,β-unsaturated/α-hetero) is 1. The van der Waals surface area contributed by atoms with Crippen LogP contribution in [0.3, 0.4) is 0 Å². The van der Waals surface area contributed by atoms with E-state index in [1.165, 1.54) is 0 Å². The molecule has 202 valence electrons. The van der Waals surface area contributed by atoms with Crippen LogP contribution < -0.4 is 0 Å². The zero-order chi connectivity index (χ0) is 27.4. The standard InChI is InChI=1S/C29H38ClNO6/c1-6-10-20-26(34)18(2)11-9-13-29(5)24(37-29)16-22(21(30)15-19-12-7-8-14-31-19)36-25(33)17-23(32)28(3,4)27(20)35/h1,7-8,12,14-15,18,20,22-24,26,32,34H,9-11,13,16-17H2,2-5H3. The van der Waals surface area contributed by atoms with E-state index in [9.17, 15) is 19.8 Å². The van der Waals surface area contributed by atoms with Gasteiger partial charge in [0.1, 0.15) is 11.9 Å². The van der Waals surface area contributed by atoms with E-state index in [4.69, 9.17) is 27.5 Å². The molecule has 0 bridgehead atoms. The molecule has 7 atom stereocenters. The van der Waals surface area contributed by atoms with Crippen molar-refractivity contribution in [3.63, 3.8) is 0 Å². The molecular weight excluding hydrogens is 494 g/mol. The predicted octanol–water partition coefficient (Wildman–Crippen LogP) is 4.29. The number of nitrogens with zero attached hydrogens (tertiary/aromatic N) is 1. The number of hydrogen-bond donors (Lipinski definition) is 2. The second-order valence-electron chi connectivity index (χ2n) is 11.1. The number of carbonyl (C=O) groups excluding carboxylic acids is 2. The van der Waals surface area contributed by atoms with Gasteiger partial charge in [-0.05, 0) is 43.9 Å². The first-order valence-electron chi connectivity index (χ1n) is 12.9. The number of aromatic nitrogens is 1. The molecule has 2 fully saturated rings. The number of terminal acetylenes is 1. The Labute approximate surface area is 224 Å². The van der Waals surface area contributed by atoms with Crippen LogP contribution in [0.5, 0.6) is 0 Å². The number of aliphatic hydroxyl groups is 2. The molecule has 1 aromatic rings. The fourth-order valence-electron chi connectivity index (χ4n) is 5.02. The number of carbonyl (C=O) groups is 2. The van der Waals surface area contributed by atoms with Gasteiger partial charge < -0.3 is 19.7 Å². The maximum Gasteiger partial charge on any atom is 0.309 e. The topological polar surface area (TPSA) is 109 Å². The van der Waals surface area contributed by atoms with Gasteiger partial charge in [0.05, 0.1) is 52.4 Å². The lowest BCUT2D eigenvalue weighted by atomic mass is 9.71. The van der Waals surface area contributed by atoms with E-state index < -0.39 is 47.6 Å². The summed E-state index contributed by atoms with van der Waals surface area (Å²) in [5.74, 6) is 0.391. The van der Waals surface area contributed by atoms with Gasteiger partial charge in [-0.15, -0.1) is 12.3 Å². The summed E-state index contributed by atoms with van der Waals surface area (Å²) in [7, 11) is 0. The zero-order valence-corrected chi connectivity index (χ0v) is 22.8. The average molecular weight is 532 g/mol. The zero-order valence-electron chi connectivity index (χ0n) is 22.0. The number of pyridine rings is 1. The summed E-state index contributed by atoms with van der Waals surface area (Å²) in [4.78, 5) is 30.7. The molecule has 7 unspecified atom stereocenters. The Morgan fingerprint density at radius 3 is 2.68 bits per heavy atom. The highest BCUT2D eigenvalue weighted by molar-refractivity contribution is 6.32. The third-order valence-corrected chi connectivity index (χ3v) is 8.20. The Morgan fingerprint density at radius 1 is 1.30 bits per heavy atom. The molecule has 0 spiro atoms. The molecule has 7 nitrogen and oxygen atoms in total. The minimum Gasteiger partial charge on any atom is -0.456 e. The van der Waals surface area contributed by atoms with Crippen molar-refractivity contribution in [2.45, 2.75) is 96.2 Å². The first-order valence-corrected chi connectivity index (χ1v) is 13.3. The molecule has 2 aliphatic rings. The van der Waals surface area contributed by atoms with Gasteiger partial charge in [-0.3, -0.25) is 14.6 Å². The monoisotopic (exact) mass is 531 g/mol. The molecule has 0 aromatic carbocycles. The lowest BCUT2D eigenvalue weighted by molar-refractivity contribution is -0.154. The quantitative estimate of drug-likeness (QED) is 0.340. The van der Waals surface area contributed by atoms with Crippen molar-refractivity contribution in [1.29, 1.82) is 0 Å². The van der Waals surface area contributed by atoms with E-state index in [0.29, 0.717) is 23.6 Å². The molecular formula is C29H38ClNO6. The van der Waals surface area contributed by atoms with Crippen LogP contribution >= 0.6 is 11.6 Å². The molecule has 0 aliphatic carbocycles. The van der Waals surface area contributed by atoms with Crippen LogP contribution in [0, 0.1) is 29.6 Å². The van der Waals surface area contributed by atoms with Gasteiger partial charge in [0, 0.05) is 19.0 Å². The van der Waals surface area contributed by atoms with Gasteiger partial charge in [-0.25, -0.2) is 0 Å². The predicted molar refractivity (Wildman–Crippen MR) is 141 cm³/mol. The molecule has 0 amide bonds. The number of cyclic esters (lactones) is 1. The number of halogens is 1. The van der Waals surface area contributed by atoms with Crippen LogP contribution in [0.25, 0.3) is 6.08 Å². The molecule has 0 saturated carbocycles. The van der Waals surface area contributed by atoms with Gasteiger partial charge in [0.2, 0.25) is 0 Å². The highest BCUT2D eigenvalue weighted by Crippen LogP contribution is 2.45. The molecule has 3 heterocycles. The third-order valence-electron chi connectivity index (χ3n) is 7.85. The van der Waals surface area contributed by atoms with Gasteiger partial charge in [0.25, 0.3) is 0 Å². The largest absolute Gasteiger partial charge is 0.456 e. The van der Waals surface area contributed by atoms with Gasteiger partial charge in [-0.2, -0.15) is 0 Å². The third kappa shape index (κ3) is 7.20. The number of epoxide rings is 1. The lowest BCUT2D eigenvalue weighted by Crippen LogP contribution is -2.46. The van der Waals surface area contributed by atoms with Crippen molar-refractivity contribution in [1.82, 2.24) is 4.98 Å². The smallest absolute Gasteiger partial charge is 0.309 e. The first-order chi connectivity index (χ1) is 17.4. The number of hydrogen-bond acceptors (Lipinski definition) is 7. The van der Waals surface area contributed by atoms with E-state index in [1.807, 2.05) is 19.9 Å². The van der Waals surface area contributed by atoms with Crippen LogP contribution in [0.4, 0.5) is 0 Å². The minimum atomic E-state index is -1.34. The highest BCUT2D eigenvalue weighted by atomic mass is 35.5. The van der Waals surface area contributed by atoms with Crippen molar-refractivity contribution in [3.05, 3.63) is 35.1 Å². The Kier molecular flexibility index (Phi) is 9.57. The number of fused-ring (bicyclic) bond motifs is 1. The number of rotatable bonds is 3. The van der Waals surface area contributed by atoms with Crippen LogP contribution in [-0.4, -0.2) is 57.0 Å². The summed E-state index contributed by atoms with van der Waals surface area (Å²) in [6.45, 7) is 7.03. The maximum absolute atomic E-state index is 13.5. The first kappa shape index (κ1) is 29.3. The molecule has 2 N–H and O–H groups in total. The van der Waals surface area contributed by atoms with Gasteiger partial charge >= 0.3 is 5.97 Å². The number of ether oxygens (including phenoxy) is 2. The van der Waals surface area contributed by atoms with Crippen molar-refractivity contribution in [2.75, 3.05) is 0 Å². The van der Waals surface area contributed by atoms with Crippen molar-refractivity contribution in [2.24, 2.45) is 17.3 Å². The summed E-state index contributed by atoms with van der Waals surface area (Å²) < 4.78 is 11.7. The van der Waals surface area contributed by atoms with Crippen molar-refractivity contribution in [3.8, 4) is 12.3 Å². The normalized spacial score (nSPS) is 35.7. The summed E-state index contributed by atoms with van der Waals surface area (Å²) in [5.41, 5.74) is -1.11. The summed E-state index contributed by atoms with van der Waals surface area (Å²) in [6, 6.07) is 5.41. The van der Waals surface area contributed by atoms with E-state index in [0.717, 1.165) is 12.8 Å². The van der Waals surface area contributed by atoms with E-state index in [2.05, 4.69) is 10.9 Å². The van der Waals surface area contributed by atoms with Gasteiger partial charge in [-0.1, -0.05) is 44.9 Å². The lowest BCUT2D eigenvalue weighted by Gasteiger charge is -2.35. The molecule has 3 rings (SSSR count). The van der Waals surface area contributed by atoms with E-state index in [-0.39, 0.29) is 24.2 Å². The number of ketones is 1. The SMILES string of the molecule is C#CCC1C(=O)C(C)(C)C(O)CC(=O)OC(C(Cl)=Cc2ccccn2)CC2OC2(C)CCCC(C)C1O. The highest BCUT2D eigenvalue weighted by Gasteiger charge is 2.53. The summed E-state index contributed by atoms with van der Waals surface area (Å²) in [5, 5.41) is 22.3. The second-order valence-corrected chi connectivity index (χ2v) is 11.5. The molecule has 1 aromatic heterocycles. The molecule has 2 saturated heterocycles. The van der Waals surface area contributed by atoms with Crippen molar-refractivity contribution >= 4 is 29.4 Å². The maximum atomic E-state index is 13.5. The molecule has 37 heavy (non-hydrogen) atoms. The van der Waals surface area contributed by atoms with Gasteiger partial charge in [0.15, 0.2) is 0 Å². The minimum absolute atomic E-state index is 0.0455. The van der Waals surface area contributed by atoms with Crippen LogP contribution in [-0.2, 0) is 19.1 Å². The number of aliphatic hydroxyl groups excluding tert-OH is 2. The second kappa shape index (κ2) is 12.1. The average Bonchev–Trinajstić information content (AvgIpc) is 3.49. The summed E-state index contributed by atoms with van der Waals surface area (Å²) >= 11 is 6.62. The molecule has 8 heteroatoms.